The fourth-order valence-corrected chi connectivity index (χ4v) is 3.15. The van der Waals surface area contributed by atoms with Gasteiger partial charge in [-0.2, -0.15) is 0 Å². The Bertz CT molecular complexity index is 262. The van der Waals surface area contributed by atoms with E-state index in [1.165, 1.54) is 32.8 Å². The SMILES string of the molecule is CNC(CC(=O)OC)C1CCC(C(C)(C)C)CC1. The number of carbonyl (C=O) groups is 1. The second-order valence-corrected chi connectivity index (χ2v) is 6.65. The molecular formula is C15H29NO2. The van der Waals surface area contributed by atoms with E-state index in [9.17, 15) is 4.79 Å². The minimum Gasteiger partial charge on any atom is -0.469 e. The molecule has 3 heteroatoms. The summed E-state index contributed by atoms with van der Waals surface area (Å²) in [5.41, 5.74) is 0.419. The zero-order valence-corrected chi connectivity index (χ0v) is 12.6. The zero-order valence-electron chi connectivity index (χ0n) is 12.6. The molecule has 0 aliphatic heterocycles. The minimum atomic E-state index is -0.104. The second-order valence-electron chi connectivity index (χ2n) is 6.65. The first-order valence-electron chi connectivity index (χ1n) is 7.12. The Morgan fingerprint density at radius 2 is 1.83 bits per heavy atom. The number of rotatable bonds is 4. The lowest BCUT2D eigenvalue weighted by Gasteiger charge is -2.39. The summed E-state index contributed by atoms with van der Waals surface area (Å²) in [7, 11) is 3.41. The fraction of sp³-hybridized carbons (Fsp3) is 0.933. The number of methoxy groups -OCH3 is 1. The van der Waals surface area contributed by atoms with Crippen LogP contribution in [-0.2, 0) is 9.53 Å². The molecule has 0 radical (unpaired) electrons. The molecule has 1 atom stereocenters. The predicted octanol–water partition coefficient (Wildman–Crippen LogP) is 2.99. The summed E-state index contributed by atoms with van der Waals surface area (Å²) in [4.78, 5) is 11.4. The molecule has 0 saturated heterocycles. The Morgan fingerprint density at radius 1 is 1.28 bits per heavy atom. The number of nitrogens with one attached hydrogen (secondary N) is 1. The molecule has 1 aliphatic carbocycles. The van der Waals surface area contributed by atoms with Crippen molar-refractivity contribution in [3.8, 4) is 0 Å². The molecular weight excluding hydrogens is 226 g/mol. The van der Waals surface area contributed by atoms with Gasteiger partial charge in [0.15, 0.2) is 0 Å². The van der Waals surface area contributed by atoms with Gasteiger partial charge in [0.2, 0.25) is 0 Å². The van der Waals surface area contributed by atoms with Crippen molar-refractivity contribution in [1.82, 2.24) is 5.32 Å². The van der Waals surface area contributed by atoms with E-state index in [1.807, 2.05) is 7.05 Å². The van der Waals surface area contributed by atoms with Crippen LogP contribution in [0.25, 0.3) is 0 Å². The normalized spacial score (nSPS) is 26.7. The number of esters is 1. The van der Waals surface area contributed by atoms with Crippen molar-refractivity contribution in [3.05, 3.63) is 0 Å². The van der Waals surface area contributed by atoms with Crippen molar-refractivity contribution in [2.75, 3.05) is 14.2 Å². The lowest BCUT2D eigenvalue weighted by molar-refractivity contribution is -0.141. The molecule has 18 heavy (non-hydrogen) atoms. The average Bonchev–Trinajstić information content (AvgIpc) is 2.34. The van der Waals surface area contributed by atoms with Gasteiger partial charge in [0, 0.05) is 6.04 Å². The van der Waals surface area contributed by atoms with E-state index < -0.39 is 0 Å². The van der Waals surface area contributed by atoms with E-state index >= 15 is 0 Å². The summed E-state index contributed by atoms with van der Waals surface area (Å²) >= 11 is 0. The van der Waals surface area contributed by atoms with Crippen molar-refractivity contribution in [2.45, 2.75) is 58.9 Å². The maximum Gasteiger partial charge on any atom is 0.307 e. The third kappa shape index (κ3) is 4.27. The van der Waals surface area contributed by atoms with Gasteiger partial charge in [-0.15, -0.1) is 0 Å². The van der Waals surface area contributed by atoms with Gasteiger partial charge in [-0.3, -0.25) is 4.79 Å². The van der Waals surface area contributed by atoms with Crippen molar-refractivity contribution in [1.29, 1.82) is 0 Å². The summed E-state index contributed by atoms with van der Waals surface area (Å²) in [6.07, 6.45) is 5.52. The van der Waals surface area contributed by atoms with E-state index in [2.05, 4.69) is 26.1 Å². The predicted molar refractivity (Wildman–Crippen MR) is 74.4 cm³/mol. The largest absolute Gasteiger partial charge is 0.469 e. The van der Waals surface area contributed by atoms with Crippen LogP contribution in [0.5, 0.6) is 0 Å². The van der Waals surface area contributed by atoms with E-state index in [-0.39, 0.29) is 12.0 Å². The van der Waals surface area contributed by atoms with Crippen LogP contribution in [-0.4, -0.2) is 26.2 Å². The first kappa shape index (κ1) is 15.5. The van der Waals surface area contributed by atoms with Crippen LogP contribution < -0.4 is 5.32 Å². The molecule has 0 spiro atoms. The Hall–Kier alpha value is -0.570. The standard InChI is InChI=1S/C15H29NO2/c1-15(2,3)12-8-6-11(7-9-12)13(16-4)10-14(17)18-5/h11-13,16H,6-10H2,1-5H3. The summed E-state index contributed by atoms with van der Waals surface area (Å²) < 4.78 is 4.77. The fourth-order valence-electron chi connectivity index (χ4n) is 3.15. The third-order valence-electron chi connectivity index (χ3n) is 4.55. The summed E-state index contributed by atoms with van der Waals surface area (Å²) in [6.45, 7) is 7.01. The van der Waals surface area contributed by atoms with E-state index in [4.69, 9.17) is 4.74 Å². The highest BCUT2D eigenvalue weighted by Gasteiger charge is 2.33. The van der Waals surface area contributed by atoms with Crippen molar-refractivity contribution in [3.63, 3.8) is 0 Å². The monoisotopic (exact) mass is 255 g/mol. The second kappa shape index (κ2) is 6.55. The first-order chi connectivity index (χ1) is 8.38. The number of ether oxygens (including phenoxy) is 1. The molecule has 0 aromatic rings. The highest BCUT2D eigenvalue weighted by atomic mass is 16.5. The van der Waals surface area contributed by atoms with Crippen molar-refractivity contribution in [2.24, 2.45) is 17.3 Å². The topological polar surface area (TPSA) is 38.3 Å². The van der Waals surface area contributed by atoms with E-state index in [1.54, 1.807) is 0 Å². The van der Waals surface area contributed by atoms with E-state index in [0.717, 1.165) is 5.92 Å². The maximum absolute atomic E-state index is 11.4. The molecule has 1 rings (SSSR count). The number of hydrogen-bond donors (Lipinski definition) is 1. The van der Waals surface area contributed by atoms with Gasteiger partial charge < -0.3 is 10.1 Å². The molecule has 3 nitrogen and oxygen atoms in total. The highest BCUT2D eigenvalue weighted by Crippen LogP contribution is 2.40. The molecule has 106 valence electrons. The van der Waals surface area contributed by atoms with Crippen molar-refractivity contribution < 1.29 is 9.53 Å². The van der Waals surface area contributed by atoms with Crippen LogP contribution in [0.15, 0.2) is 0 Å². The van der Waals surface area contributed by atoms with Gasteiger partial charge in [0.05, 0.1) is 13.5 Å². The molecule has 1 aliphatic rings. The molecule has 0 bridgehead atoms. The molecule has 0 amide bonds. The van der Waals surface area contributed by atoms with Crippen LogP contribution in [0.2, 0.25) is 0 Å². The lowest BCUT2D eigenvalue weighted by Crippen LogP contribution is -2.39. The average molecular weight is 255 g/mol. The lowest BCUT2D eigenvalue weighted by atomic mass is 9.68. The first-order valence-corrected chi connectivity index (χ1v) is 7.12. The third-order valence-corrected chi connectivity index (χ3v) is 4.55. The van der Waals surface area contributed by atoms with Crippen LogP contribution in [0.3, 0.4) is 0 Å². The molecule has 0 aromatic carbocycles. The van der Waals surface area contributed by atoms with Gasteiger partial charge in [-0.05, 0) is 50.0 Å². The highest BCUT2D eigenvalue weighted by molar-refractivity contribution is 5.69. The van der Waals surface area contributed by atoms with Gasteiger partial charge in [0.25, 0.3) is 0 Å². The molecule has 0 heterocycles. The Morgan fingerprint density at radius 3 is 2.22 bits per heavy atom. The summed E-state index contributed by atoms with van der Waals surface area (Å²) in [6, 6.07) is 0.276. The minimum absolute atomic E-state index is 0.104. The molecule has 1 N–H and O–H groups in total. The quantitative estimate of drug-likeness (QED) is 0.785. The maximum atomic E-state index is 11.4. The summed E-state index contributed by atoms with van der Waals surface area (Å²) in [5, 5.41) is 3.29. The smallest absolute Gasteiger partial charge is 0.307 e. The van der Waals surface area contributed by atoms with Gasteiger partial charge in [0.1, 0.15) is 0 Å². The van der Waals surface area contributed by atoms with Crippen LogP contribution >= 0.6 is 0 Å². The Kier molecular flexibility index (Phi) is 5.64. The Balaban J connectivity index is 2.47. The molecule has 0 aromatic heterocycles. The molecule has 1 fully saturated rings. The molecule has 1 saturated carbocycles. The summed E-state index contributed by atoms with van der Waals surface area (Å²) in [5.74, 6) is 1.34. The number of hydrogen-bond acceptors (Lipinski definition) is 3. The van der Waals surface area contributed by atoms with Gasteiger partial charge in [-0.1, -0.05) is 20.8 Å². The van der Waals surface area contributed by atoms with E-state index in [0.29, 0.717) is 17.8 Å². The number of carbonyl (C=O) groups excluding carboxylic acids is 1. The van der Waals surface area contributed by atoms with Gasteiger partial charge >= 0.3 is 5.97 Å². The Labute approximate surface area is 112 Å². The van der Waals surface area contributed by atoms with Crippen molar-refractivity contribution >= 4 is 5.97 Å². The zero-order chi connectivity index (χ0) is 13.8. The van der Waals surface area contributed by atoms with Gasteiger partial charge in [-0.25, -0.2) is 0 Å². The van der Waals surface area contributed by atoms with Crippen LogP contribution in [0.1, 0.15) is 52.9 Å². The molecule has 1 unspecified atom stereocenters. The van der Waals surface area contributed by atoms with Crippen LogP contribution in [0, 0.1) is 17.3 Å². The van der Waals surface area contributed by atoms with Crippen LogP contribution in [0.4, 0.5) is 0 Å².